The van der Waals surface area contributed by atoms with E-state index in [4.69, 9.17) is 15.4 Å². The number of rotatable bonds is 4. The second-order valence-electron chi connectivity index (χ2n) is 4.32. The van der Waals surface area contributed by atoms with Gasteiger partial charge in [0.2, 0.25) is 10.0 Å². The molecule has 0 aliphatic heterocycles. The summed E-state index contributed by atoms with van der Waals surface area (Å²) in [4.78, 5) is 10.2. The topological polar surface area (TPSA) is 147 Å². The Kier molecular flexibility index (Phi) is 9.54. The molecule has 0 atom stereocenters. The number of nitrogens with two attached hydrogens (primary N) is 1. The van der Waals surface area contributed by atoms with Crippen molar-refractivity contribution in [2.24, 2.45) is 5.14 Å². The van der Waals surface area contributed by atoms with Crippen LogP contribution in [0, 0.1) is 10.1 Å². The molecule has 0 amide bonds. The van der Waals surface area contributed by atoms with E-state index in [1.54, 1.807) is 6.07 Å². The van der Waals surface area contributed by atoms with Crippen LogP contribution in [0.1, 0.15) is 5.56 Å². The van der Waals surface area contributed by atoms with E-state index in [9.17, 15) is 18.5 Å². The summed E-state index contributed by atoms with van der Waals surface area (Å²) < 4.78 is 24.0. The summed E-state index contributed by atoms with van der Waals surface area (Å²) in [7, 11) is -3.40. The van der Waals surface area contributed by atoms with E-state index in [1.807, 2.05) is 0 Å². The number of halogens is 1. The van der Waals surface area contributed by atoms with Gasteiger partial charge in [0.25, 0.3) is 5.69 Å². The van der Waals surface area contributed by atoms with Crippen LogP contribution in [0.2, 0.25) is 0 Å². The number of hydrogen-bond donors (Lipinski definition) is 2. The molecular formula is C13H14BrN2NaO6S. The van der Waals surface area contributed by atoms with Crippen LogP contribution < -0.4 is 39.8 Å². The number of hydrogen-bond acceptors (Lipinski definition) is 6. The monoisotopic (exact) mass is 428 g/mol. The van der Waals surface area contributed by atoms with E-state index < -0.39 is 14.9 Å². The Morgan fingerprint density at radius 1 is 1.33 bits per heavy atom. The predicted octanol–water partition coefficient (Wildman–Crippen LogP) is -2.33. The Morgan fingerprint density at radius 2 is 1.92 bits per heavy atom. The second-order valence-corrected chi connectivity index (χ2v) is 6.65. The summed E-state index contributed by atoms with van der Waals surface area (Å²) in [6, 6.07) is 5.49. The van der Waals surface area contributed by atoms with Crippen molar-refractivity contribution in [1.29, 1.82) is 0 Å². The Morgan fingerprint density at radius 3 is 2.38 bits per heavy atom. The zero-order valence-corrected chi connectivity index (χ0v) is 17.4. The third-order valence-electron chi connectivity index (χ3n) is 3.00. The Hall–Kier alpha value is -0.590. The van der Waals surface area contributed by atoms with Crippen LogP contribution in [0.3, 0.4) is 0 Å². The van der Waals surface area contributed by atoms with Crippen LogP contribution >= 0.6 is 15.9 Å². The molecule has 0 aliphatic rings. The van der Waals surface area contributed by atoms with Crippen molar-refractivity contribution in [3.05, 3.63) is 44.4 Å². The average molecular weight is 429 g/mol. The van der Waals surface area contributed by atoms with Gasteiger partial charge in [-0.05, 0) is 34.0 Å². The van der Waals surface area contributed by atoms with Gasteiger partial charge in [0.15, 0.2) is 0 Å². The van der Waals surface area contributed by atoms with E-state index in [0.29, 0.717) is 15.4 Å². The smallest absolute Gasteiger partial charge is 0.857 e. The molecule has 0 heterocycles. The quantitative estimate of drug-likeness (QED) is 0.317. The molecule has 11 heteroatoms. The summed E-state index contributed by atoms with van der Waals surface area (Å²) in [5.41, 5.74) is 0.169. The number of fused-ring (bicyclic) bond motifs is 1. The van der Waals surface area contributed by atoms with Gasteiger partial charge in [0.1, 0.15) is 0 Å². The number of nitrogens with zero attached hydrogens (tertiary/aromatic N) is 1. The molecule has 0 radical (unpaired) electrons. The van der Waals surface area contributed by atoms with Gasteiger partial charge in [0, 0.05) is 22.5 Å². The molecule has 0 aromatic heterocycles. The average Bonchev–Trinajstić information content (AvgIpc) is 2.50. The zero-order valence-electron chi connectivity index (χ0n) is 13.0. The molecule has 3 N–H and O–H groups in total. The van der Waals surface area contributed by atoms with E-state index >= 15 is 0 Å². The summed E-state index contributed by atoms with van der Waals surface area (Å²) >= 11 is 3.30. The molecule has 0 aliphatic carbocycles. The van der Waals surface area contributed by atoms with Crippen molar-refractivity contribution in [1.82, 2.24) is 0 Å². The minimum atomic E-state index is -4.15. The van der Waals surface area contributed by atoms with Crippen LogP contribution in [0.15, 0.2) is 33.6 Å². The SMILES string of the molecule is C[O-].NS(=O)(=O)c1cc(CCO)c(Br)c2cccc([N+](=O)[O-])c12.[Na+]. The number of nitro groups is 1. The van der Waals surface area contributed by atoms with Gasteiger partial charge in [-0.15, -0.1) is 0 Å². The van der Waals surface area contributed by atoms with E-state index in [-0.39, 0.29) is 58.6 Å². The van der Waals surface area contributed by atoms with Crippen molar-refractivity contribution < 1.29 is 53.1 Å². The number of nitro benzene ring substituents is 1. The number of aliphatic hydroxyl groups is 1. The molecule has 0 spiro atoms. The van der Waals surface area contributed by atoms with Crippen LogP contribution in [-0.4, -0.2) is 32.2 Å². The number of primary sulfonamides is 1. The molecule has 0 fully saturated rings. The maximum atomic E-state index is 11.8. The number of sulfonamides is 1. The van der Waals surface area contributed by atoms with Crippen LogP contribution in [-0.2, 0) is 16.4 Å². The molecule has 0 unspecified atom stereocenters. The van der Waals surface area contributed by atoms with Gasteiger partial charge in [-0.1, -0.05) is 12.1 Å². The number of non-ortho nitro benzene ring substituents is 1. The van der Waals surface area contributed by atoms with Crippen LogP contribution in [0.4, 0.5) is 5.69 Å². The first-order valence-electron chi connectivity index (χ1n) is 6.20. The third kappa shape index (κ3) is 4.96. The molecule has 126 valence electrons. The molecule has 0 saturated heterocycles. The minimum Gasteiger partial charge on any atom is -0.857 e. The predicted molar refractivity (Wildman–Crippen MR) is 86.4 cm³/mol. The summed E-state index contributed by atoms with van der Waals surface area (Å²) in [6.07, 6.45) is 0.196. The van der Waals surface area contributed by atoms with Gasteiger partial charge in [-0.2, -0.15) is 7.11 Å². The molecule has 0 saturated carbocycles. The standard InChI is InChI=1S/C12H11BrN2O5S.CH3O.Na/c13-12-7(4-5-16)6-10(21(14,19)20)11-8(12)2-1-3-9(11)15(17)18;1-2;/h1-3,6,16H,4-5H2,(H2,14,19,20);1H3;/q;-1;+1. The van der Waals surface area contributed by atoms with Crippen molar-refractivity contribution in [3.8, 4) is 0 Å². The van der Waals surface area contributed by atoms with E-state index in [2.05, 4.69) is 15.9 Å². The largest absolute Gasteiger partial charge is 1.00 e. The molecule has 8 nitrogen and oxygen atoms in total. The molecule has 2 aromatic carbocycles. The van der Waals surface area contributed by atoms with Gasteiger partial charge < -0.3 is 10.2 Å². The molecule has 24 heavy (non-hydrogen) atoms. The normalized spacial score (nSPS) is 10.5. The number of benzene rings is 2. The third-order valence-corrected chi connectivity index (χ3v) is 4.87. The first-order chi connectivity index (χ1) is 10.8. The molecular weight excluding hydrogens is 415 g/mol. The first kappa shape index (κ1) is 23.4. The molecule has 2 aromatic rings. The Balaban J connectivity index is 0.00000170. The van der Waals surface area contributed by atoms with Crippen LogP contribution in [0.25, 0.3) is 10.8 Å². The van der Waals surface area contributed by atoms with Gasteiger partial charge in [-0.25, -0.2) is 13.6 Å². The second kappa shape index (κ2) is 9.78. The maximum Gasteiger partial charge on any atom is 1.00 e. The minimum absolute atomic E-state index is 0. The van der Waals surface area contributed by atoms with Gasteiger partial charge in [0.05, 0.1) is 15.2 Å². The van der Waals surface area contributed by atoms with E-state index in [1.165, 1.54) is 18.2 Å². The first-order valence-corrected chi connectivity index (χ1v) is 8.54. The van der Waals surface area contributed by atoms with Crippen molar-refractivity contribution in [2.45, 2.75) is 11.3 Å². The summed E-state index contributed by atoms with van der Waals surface area (Å²) in [6.45, 7) is -0.191. The van der Waals surface area contributed by atoms with Gasteiger partial charge in [-0.3, -0.25) is 10.1 Å². The fraction of sp³-hybridized carbons (Fsp3) is 0.231. The fourth-order valence-corrected chi connectivity index (χ4v) is 3.58. The van der Waals surface area contributed by atoms with E-state index in [0.717, 1.165) is 7.11 Å². The maximum absolute atomic E-state index is 11.8. The molecule has 0 bridgehead atoms. The Labute approximate surface area is 169 Å². The van der Waals surface area contributed by atoms with Crippen molar-refractivity contribution >= 4 is 42.4 Å². The molecule has 2 rings (SSSR count). The number of aliphatic hydroxyl groups excluding tert-OH is 1. The van der Waals surface area contributed by atoms with Crippen molar-refractivity contribution in [2.75, 3.05) is 13.7 Å². The summed E-state index contributed by atoms with van der Waals surface area (Å²) in [5, 5.41) is 33.9. The summed E-state index contributed by atoms with van der Waals surface area (Å²) in [5.74, 6) is 0. The van der Waals surface area contributed by atoms with Gasteiger partial charge >= 0.3 is 29.6 Å². The fourth-order valence-electron chi connectivity index (χ4n) is 2.13. The zero-order chi connectivity index (χ0) is 17.8. The Bertz CT molecular complexity index is 844. The van der Waals surface area contributed by atoms with Crippen molar-refractivity contribution in [3.63, 3.8) is 0 Å². The van der Waals surface area contributed by atoms with Crippen LogP contribution in [0.5, 0.6) is 0 Å².